The number of nitrogens with zero attached hydrogens (tertiary/aromatic N) is 2. The standard InChI is InChI=1S/C14H11ClN2O3S/c15-10-2-1-3-11-13(10)17(6-9-4-5-20-7-9)14(16-11)21-8-12(18)19/h1-5,7H,6,8H2,(H,18,19). The van der Waals surface area contributed by atoms with E-state index in [0.29, 0.717) is 16.7 Å². The maximum atomic E-state index is 10.8. The smallest absolute Gasteiger partial charge is 0.313 e. The zero-order valence-electron chi connectivity index (χ0n) is 10.8. The van der Waals surface area contributed by atoms with Crippen LogP contribution in [0, 0.1) is 0 Å². The summed E-state index contributed by atoms with van der Waals surface area (Å²) in [5, 5.41) is 10.1. The Morgan fingerprint density at radius 2 is 2.29 bits per heavy atom. The van der Waals surface area contributed by atoms with Gasteiger partial charge in [0.1, 0.15) is 0 Å². The number of benzene rings is 1. The van der Waals surface area contributed by atoms with Crippen LogP contribution >= 0.6 is 23.4 Å². The molecule has 7 heteroatoms. The SMILES string of the molecule is O=C(O)CSc1nc2cccc(Cl)c2n1Cc1ccoc1. The summed E-state index contributed by atoms with van der Waals surface area (Å²) in [5.74, 6) is -0.931. The topological polar surface area (TPSA) is 68.3 Å². The Bertz CT molecular complexity index is 783. The lowest BCUT2D eigenvalue weighted by Crippen LogP contribution is -2.04. The minimum Gasteiger partial charge on any atom is -0.481 e. The largest absolute Gasteiger partial charge is 0.481 e. The lowest BCUT2D eigenvalue weighted by Gasteiger charge is -2.07. The fourth-order valence-electron chi connectivity index (χ4n) is 2.07. The molecule has 0 unspecified atom stereocenters. The second kappa shape index (κ2) is 5.83. The number of carboxylic acids is 1. The number of hydrogen-bond acceptors (Lipinski definition) is 4. The van der Waals surface area contributed by atoms with Crippen LogP contribution in [0.3, 0.4) is 0 Å². The number of aliphatic carboxylic acids is 1. The van der Waals surface area contributed by atoms with Crippen LogP contribution in [0.15, 0.2) is 46.4 Å². The first kappa shape index (κ1) is 14.0. The number of rotatable bonds is 5. The van der Waals surface area contributed by atoms with Crippen molar-refractivity contribution in [1.29, 1.82) is 0 Å². The Morgan fingerprint density at radius 3 is 3.00 bits per heavy atom. The van der Waals surface area contributed by atoms with E-state index in [-0.39, 0.29) is 5.75 Å². The van der Waals surface area contributed by atoms with Gasteiger partial charge in [-0.05, 0) is 18.2 Å². The lowest BCUT2D eigenvalue weighted by atomic mass is 10.3. The van der Waals surface area contributed by atoms with Gasteiger partial charge in [0.25, 0.3) is 0 Å². The third kappa shape index (κ3) is 2.91. The van der Waals surface area contributed by atoms with Crippen molar-refractivity contribution in [3.63, 3.8) is 0 Å². The number of carbonyl (C=O) groups is 1. The second-order valence-corrected chi connectivity index (χ2v) is 5.75. The van der Waals surface area contributed by atoms with Crippen molar-refractivity contribution in [3.8, 4) is 0 Å². The van der Waals surface area contributed by atoms with Crippen molar-refractivity contribution < 1.29 is 14.3 Å². The van der Waals surface area contributed by atoms with Crippen molar-refractivity contribution in [3.05, 3.63) is 47.4 Å². The number of halogens is 1. The zero-order valence-corrected chi connectivity index (χ0v) is 12.4. The number of aromatic nitrogens is 2. The van der Waals surface area contributed by atoms with Gasteiger partial charge in [0.05, 0.1) is 40.9 Å². The van der Waals surface area contributed by atoms with Crippen LogP contribution in [-0.2, 0) is 11.3 Å². The maximum absolute atomic E-state index is 10.8. The van der Waals surface area contributed by atoms with Crippen molar-refractivity contribution in [2.24, 2.45) is 0 Å². The average molecular weight is 323 g/mol. The first-order valence-corrected chi connectivity index (χ1v) is 7.52. The van der Waals surface area contributed by atoms with Gasteiger partial charge < -0.3 is 14.1 Å². The number of hydrogen-bond donors (Lipinski definition) is 1. The Balaban J connectivity index is 2.07. The van der Waals surface area contributed by atoms with Gasteiger partial charge in [-0.1, -0.05) is 29.4 Å². The average Bonchev–Trinajstić information content (AvgIpc) is 3.06. The molecule has 3 aromatic rings. The predicted molar refractivity (Wildman–Crippen MR) is 80.9 cm³/mol. The quantitative estimate of drug-likeness (QED) is 0.728. The molecule has 0 spiro atoms. The highest BCUT2D eigenvalue weighted by Gasteiger charge is 2.15. The van der Waals surface area contributed by atoms with E-state index in [4.69, 9.17) is 21.1 Å². The third-order valence-electron chi connectivity index (χ3n) is 2.93. The van der Waals surface area contributed by atoms with Crippen LogP contribution in [0.25, 0.3) is 11.0 Å². The zero-order chi connectivity index (χ0) is 14.8. The maximum Gasteiger partial charge on any atom is 0.313 e. The molecule has 0 aliphatic rings. The summed E-state index contributed by atoms with van der Waals surface area (Å²) in [5.41, 5.74) is 2.51. The van der Waals surface area contributed by atoms with Crippen molar-refractivity contribution in [2.75, 3.05) is 5.75 Å². The molecule has 108 valence electrons. The van der Waals surface area contributed by atoms with E-state index in [9.17, 15) is 4.79 Å². The van der Waals surface area contributed by atoms with Gasteiger partial charge in [0.2, 0.25) is 0 Å². The number of imidazole rings is 1. The highest BCUT2D eigenvalue weighted by molar-refractivity contribution is 7.99. The molecule has 0 aliphatic carbocycles. The van der Waals surface area contributed by atoms with Crippen LogP contribution in [0.5, 0.6) is 0 Å². The molecule has 0 aliphatic heterocycles. The summed E-state index contributed by atoms with van der Waals surface area (Å²) >= 11 is 7.44. The van der Waals surface area contributed by atoms with Gasteiger partial charge >= 0.3 is 5.97 Å². The van der Waals surface area contributed by atoms with Crippen molar-refractivity contribution >= 4 is 40.4 Å². The Labute approximate surface area is 129 Å². The highest BCUT2D eigenvalue weighted by atomic mass is 35.5. The Kier molecular flexibility index (Phi) is 3.90. The van der Waals surface area contributed by atoms with E-state index in [1.807, 2.05) is 22.8 Å². The molecular weight excluding hydrogens is 312 g/mol. The first-order chi connectivity index (χ1) is 10.1. The first-order valence-electron chi connectivity index (χ1n) is 6.15. The fourth-order valence-corrected chi connectivity index (χ4v) is 3.07. The molecule has 21 heavy (non-hydrogen) atoms. The predicted octanol–water partition coefficient (Wildman–Crippen LogP) is 3.51. The van der Waals surface area contributed by atoms with Crippen LogP contribution in [-0.4, -0.2) is 26.4 Å². The monoisotopic (exact) mass is 322 g/mol. The number of furan rings is 1. The van der Waals surface area contributed by atoms with Gasteiger partial charge in [-0.25, -0.2) is 4.98 Å². The summed E-state index contributed by atoms with van der Waals surface area (Å²) in [6.07, 6.45) is 3.24. The minimum absolute atomic E-state index is 0.0493. The molecule has 2 aromatic heterocycles. The van der Waals surface area contributed by atoms with Gasteiger partial charge in [0.15, 0.2) is 5.16 Å². The number of fused-ring (bicyclic) bond motifs is 1. The summed E-state index contributed by atoms with van der Waals surface area (Å²) in [7, 11) is 0. The molecule has 1 N–H and O–H groups in total. The molecule has 0 atom stereocenters. The van der Waals surface area contributed by atoms with Crippen LogP contribution in [0.2, 0.25) is 5.02 Å². The van der Waals surface area contributed by atoms with E-state index in [1.165, 1.54) is 11.8 Å². The molecule has 0 saturated heterocycles. The van der Waals surface area contributed by atoms with Crippen LogP contribution < -0.4 is 0 Å². The molecule has 0 amide bonds. The highest BCUT2D eigenvalue weighted by Crippen LogP contribution is 2.30. The number of thioether (sulfide) groups is 1. The Hall–Kier alpha value is -1.92. The van der Waals surface area contributed by atoms with E-state index in [1.54, 1.807) is 18.6 Å². The summed E-state index contributed by atoms with van der Waals surface area (Å²) < 4.78 is 6.99. The van der Waals surface area contributed by atoms with E-state index in [2.05, 4.69) is 4.98 Å². The van der Waals surface area contributed by atoms with Crippen LogP contribution in [0.4, 0.5) is 0 Å². The van der Waals surface area contributed by atoms with Crippen LogP contribution in [0.1, 0.15) is 5.56 Å². The minimum atomic E-state index is -0.881. The van der Waals surface area contributed by atoms with Crippen molar-refractivity contribution in [1.82, 2.24) is 9.55 Å². The summed E-state index contributed by atoms with van der Waals surface area (Å²) in [6, 6.07) is 7.33. The molecule has 3 rings (SSSR count). The Morgan fingerprint density at radius 1 is 1.43 bits per heavy atom. The second-order valence-electron chi connectivity index (χ2n) is 4.40. The molecule has 0 bridgehead atoms. The fraction of sp³-hybridized carbons (Fsp3) is 0.143. The number of para-hydroxylation sites is 1. The van der Waals surface area contributed by atoms with Gasteiger partial charge in [-0.3, -0.25) is 4.79 Å². The normalized spacial score (nSPS) is 11.1. The lowest BCUT2D eigenvalue weighted by molar-refractivity contribution is -0.133. The third-order valence-corrected chi connectivity index (χ3v) is 4.19. The summed E-state index contributed by atoms with van der Waals surface area (Å²) in [6.45, 7) is 0.526. The molecule has 2 heterocycles. The number of carboxylic acid groups (broad SMARTS) is 1. The van der Waals surface area contributed by atoms with Gasteiger partial charge in [0, 0.05) is 5.56 Å². The molecular formula is C14H11ClN2O3S. The van der Waals surface area contributed by atoms with Gasteiger partial charge in [-0.15, -0.1) is 0 Å². The summed E-state index contributed by atoms with van der Waals surface area (Å²) in [4.78, 5) is 15.3. The van der Waals surface area contributed by atoms with E-state index in [0.717, 1.165) is 16.6 Å². The molecule has 0 saturated carbocycles. The van der Waals surface area contributed by atoms with E-state index < -0.39 is 5.97 Å². The molecule has 0 radical (unpaired) electrons. The molecule has 0 fully saturated rings. The van der Waals surface area contributed by atoms with E-state index >= 15 is 0 Å². The van der Waals surface area contributed by atoms with Crippen molar-refractivity contribution in [2.45, 2.75) is 11.7 Å². The molecule has 5 nitrogen and oxygen atoms in total. The molecule has 1 aromatic carbocycles. The van der Waals surface area contributed by atoms with Gasteiger partial charge in [-0.2, -0.15) is 0 Å².